The van der Waals surface area contributed by atoms with Crippen molar-refractivity contribution >= 4 is 5.91 Å². The van der Waals surface area contributed by atoms with Gasteiger partial charge in [0.15, 0.2) is 0 Å². The highest BCUT2D eigenvalue weighted by Crippen LogP contribution is 2.30. The first kappa shape index (κ1) is 15.3. The van der Waals surface area contributed by atoms with Crippen molar-refractivity contribution in [1.82, 2.24) is 10.6 Å². The Morgan fingerprint density at radius 2 is 2.09 bits per heavy atom. The molecule has 4 nitrogen and oxygen atoms in total. The zero-order valence-corrected chi connectivity index (χ0v) is 13.1. The minimum Gasteiger partial charge on any atom is -0.493 e. The predicted molar refractivity (Wildman–Crippen MR) is 86.7 cm³/mol. The smallest absolute Gasteiger partial charge is 0.220 e. The fourth-order valence-corrected chi connectivity index (χ4v) is 2.86. The molecule has 2 fully saturated rings. The van der Waals surface area contributed by atoms with Gasteiger partial charge in [0.1, 0.15) is 5.75 Å². The molecule has 3 rings (SSSR count). The summed E-state index contributed by atoms with van der Waals surface area (Å²) in [5.74, 6) is 2.46. The van der Waals surface area contributed by atoms with Crippen molar-refractivity contribution in [3.05, 3.63) is 29.8 Å². The molecule has 1 aliphatic carbocycles. The number of amides is 1. The molecule has 120 valence electrons. The van der Waals surface area contributed by atoms with E-state index in [1.165, 1.54) is 19.3 Å². The van der Waals surface area contributed by atoms with E-state index in [9.17, 15) is 4.79 Å². The third-order valence-corrected chi connectivity index (χ3v) is 4.56. The minimum absolute atomic E-state index is 0.142. The molecule has 0 bridgehead atoms. The summed E-state index contributed by atoms with van der Waals surface area (Å²) in [5.41, 5.74) is 1.07. The third-order valence-electron chi connectivity index (χ3n) is 4.56. The summed E-state index contributed by atoms with van der Waals surface area (Å²) in [4.78, 5) is 12.0. The van der Waals surface area contributed by atoms with Gasteiger partial charge in [-0.3, -0.25) is 4.79 Å². The average molecular weight is 302 g/mol. The van der Waals surface area contributed by atoms with Gasteiger partial charge in [0.25, 0.3) is 0 Å². The molecule has 0 aromatic heterocycles. The molecule has 1 aromatic carbocycles. The number of hydrogen-bond donors (Lipinski definition) is 2. The largest absolute Gasteiger partial charge is 0.493 e. The van der Waals surface area contributed by atoms with Crippen molar-refractivity contribution in [3.8, 4) is 5.75 Å². The van der Waals surface area contributed by atoms with Crippen LogP contribution < -0.4 is 15.4 Å². The third kappa shape index (κ3) is 4.73. The molecule has 2 aliphatic rings. The normalized spacial score (nSPS) is 20.8. The van der Waals surface area contributed by atoms with Crippen molar-refractivity contribution in [2.24, 2.45) is 11.8 Å². The van der Waals surface area contributed by atoms with Crippen LogP contribution >= 0.6 is 0 Å². The molecular weight excluding hydrogens is 276 g/mol. The molecule has 22 heavy (non-hydrogen) atoms. The zero-order valence-electron chi connectivity index (χ0n) is 13.1. The molecule has 1 saturated heterocycles. The lowest BCUT2D eigenvalue weighted by molar-refractivity contribution is -0.121. The van der Waals surface area contributed by atoms with Crippen LogP contribution in [0.3, 0.4) is 0 Å². The second-order valence-electron chi connectivity index (χ2n) is 6.54. The van der Waals surface area contributed by atoms with Gasteiger partial charge in [0, 0.05) is 18.5 Å². The van der Waals surface area contributed by atoms with Crippen LogP contribution in [0.1, 0.15) is 37.7 Å². The van der Waals surface area contributed by atoms with Crippen molar-refractivity contribution in [1.29, 1.82) is 0 Å². The van der Waals surface area contributed by atoms with E-state index in [2.05, 4.69) is 10.6 Å². The van der Waals surface area contributed by atoms with Crippen LogP contribution in [0.25, 0.3) is 0 Å². The molecule has 0 spiro atoms. The number of benzene rings is 1. The summed E-state index contributed by atoms with van der Waals surface area (Å²) in [6.07, 6.45) is 5.38. The van der Waals surface area contributed by atoms with E-state index >= 15 is 0 Å². The molecule has 1 aromatic rings. The topological polar surface area (TPSA) is 50.4 Å². The van der Waals surface area contributed by atoms with Gasteiger partial charge < -0.3 is 15.4 Å². The number of carbonyl (C=O) groups is 1. The van der Waals surface area contributed by atoms with E-state index in [0.29, 0.717) is 18.9 Å². The maximum Gasteiger partial charge on any atom is 0.220 e. The number of ether oxygens (including phenoxy) is 1. The van der Waals surface area contributed by atoms with E-state index in [-0.39, 0.29) is 5.91 Å². The van der Waals surface area contributed by atoms with Gasteiger partial charge in [0.05, 0.1) is 6.61 Å². The van der Waals surface area contributed by atoms with Gasteiger partial charge in [0.2, 0.25) is 5.91 Å². The summed E-state index contributed by atoms with van der Waals surface area (Å²) in [6, 6.07) is 8.01. The molecule has 1 aliphatic heterocycles. The van der Waals surface area contributed by atoms with Crippen LogP contribution in [-0.2, 0) is 11.3 Å². The van der Waals surface area contributed by atoms with Gasteiger partial charge in [-0.15, -0.1) is 0 Å². The lowest BCUT2D eigenvalue weighted by atomic mass is 10.0. The van der Waals surface area contributed by atoms with Crippen LogP contribution in [0.5, 0.6) is 5.75 Å². The SMILES string of the molecule is O=C(CCC1CCNC1)NCc1ccccc1OCC1CC1. The first-order valence-electron chi connectivity index (χ1n) is 8.49. The van der Waals surface area contributed by atoms with Gasteiger partial charge in [-0.1, -0.05) is 18.2 Å². The van der Waals surface area contributed by atoms with Crippen molar-refractivity contribution in [2.75, 3.05) is 19.7 Å². The maximum atomic E-state index is 12.0. The highest BCUT2D eigenvalue weighted by atomic mass is 16.5. The van der Waals surface area contributed by atoms with Gasteiger partial charge in [-0.05, 0) is 56.7 Å². The first-order valence-corrected chi connectivity index (χ1v) is 8.49. The molecule has 4 heteroatoms. The summed E-state index contributed by atoms with van der Waals surface area (Å²) >= 11 is 0. The molecule has 1 amide bonds. The maximum absolute atomic E-state index is 12.0. The second kappa shape index (κ2) is 7.63. The van der Waals surface area contributed by atoms with Crippen LogP contribution in [0.4, 0.5) is 0 Å². The van der Waals surface area contributed by atoms with E-state index in [0.717, 1.165) is 43.3 Å². The Morgan fingerprint density at radius 3 is 2.86 bits per heavy atom. The predicted octanol–water partition coefficient (Wildman–Crippen LogP) is 2.48. The van der Waals surface area contributed by atoms with E-state index in [4.69, 9.17) is 4.74 Å². The zero-order chi connectivity index (χ0) is 15.2. The van der Waals surface area contributed by atoms with Gasteiger partial charge >= 0.3 is 0 Å². The Kier molecular flexibility index (Phi) is 5.33. The van der Waals surface area contributed by atoms with Gasteiger partial charge in [-0.25, -0.2) is 0 Å². The number of para-hydroxylation sites is 1. The highest BCUT2D eigenvalue weighted by Gasteiger charge is 2.22. The molecule has 1 heterocycles. The summed E-state index contributed by atoms with van der Waals surface area (Å²) in [7, 11) is 0. The lowest BCUT2D eigenvalue weighted by Gasteiger charge is -2.12. The quantitative estimate of drug-likeness (QED) is 0.775. The van der Waals surface area contributed by atoms with Crippen LogP contribution in [-0.4, -0.2) is 25.6 Å². The molecule has 0 radical (unpaired) electrons. The van der Waals surface area contributed by atoms with Gasteiger partial charge in [-0.2, -0.15) is 0 Å². The Bertz CT molecular complexity index is 494. The number of nitrogens with one attached hydrogen (secondary N) is 2. The van der Waals surface area contributed by atoms with Crippen molar-refractivity contribution in [2.45, 2.75) is 38.6 Å². The lowest BCUT2D eigenvalue weighted by Crippen LogP contribution is -2.24. The van der Waals surface area contributed by atoms with E-state index < -0.39 is 0 Å². The number of carbonyl (C=O) groups excluding carboxylic acids is 1. The van der Waals surface area contributed by atoms with E-state index in [1.54, 1.807) is 0 Å². The summed E-state index contributed by atoms with van der Waals surface area (Å²) < 4.78 is 5.88. The molecule has 1 saturated carbocycles. The standard InChI is InChI=1S/C18H26N2O2/c21-18(8-7-14-9-10-19-11-14)20-12-16-3-1-2-4-17(16)22-13-15-5-6-15/h1-4,14-15,19H,5-13H2,(H,20,21). The monoisotopic (exact) mass is 302 g/mol. The fourth-order valence-electron chi connectivity index (χ4n) is 2.86. The van der Waals surface area contributed by atoms with Crippen LogP contribution in [0.15, 0.2) is 24.3 Å². The Labute approximate surface area is 132 Å². The van der Waals surface area contributed by atoms with Crippen molar-refractivity contribution in [3.63, 3.8) is 0 Å². The highest BCUT2D eigenvalue weighted by molar-refractivity contribution is 5.75. The number of hydrogen-bond acceptors (Lipinski definition) is 3. The number of rotatable bonds is 8. The first-order chi connectivity index (χ1) is 10.8. The Morgan fingerprint density at radius 1 is 1.23 bits per heavy atom. The van der Waals surface area contributed by atoms with Crippen LogP contribution in [0.2, 0.25) is 0 Å². The Balaban J connectivity index is 1.42. The molecular formula is C18H26N2O2. The second-order valence-corrected chi connectivity index (χ2v) is 6.54. The summed E-state index contributed by atoms with van der Waals surface area (Å²) in [6.45, 7) is 3.52. The molecule has 2 N–H and O–H groups in total. The Hall–Kier alpha value is -1.55. The molecule has 1 unspecified atom stereocenters. The van der Waals surface area contributed by atoms with E-state index in [1.807, 2.05) is 24.3 Å². The van der Waals surface area contributed by atoms with Crippen molar-refractivity contribution < 1.29 is 9.53 Å². The summed E-state index contributed by atoms with van der Waals surface area (Å²) in [5, 5.41) is 6.37. The van der Waals surface area contributed by atoms with Crippen LogP contribution in [0, 0.1) is 11.8 Å². The minimum atomic E-state index is 0.142. The fraction of sp³-hybridized carbons (Fsp3) is 0.611. The average Bonchev–Trinajstić information content (AvgIpc) is 3.23. The molecule has 1 atom stereocenters.